The first-order valence-corrected chi connectivity index (χ1v) is 8.92. The molecular weight excluding hydrogens is 288 g/mol. The molecule has 23 heavy (non-hydrogen) atoms. The van der Waals surface area contributed by atoms with Gasteiger partial charge in [0.25, 0.3) is 0 Å². The maximum absolute atomic E-state index is 13.0. The van der Waals surface area contributed by atoms with E-state index in [1.165, 1.54) is 12.8 Å². The van der Waals surface area contributed by atoms with Gasteiger partial charge >= 0.3 is 0 Å². The van der Waals surface area contributed by atoms with Gasteiger partial charge in [-0.15, -0.1) is 0 Å². The van der Waals surface area contributed by atoms with Crippen LogP contribution in [0.3, 0.4) is 0 Å². The van der Waals surface area contributed by atoms with Crippen molar-refractivity contribution in [3.63, 3.8) is 0 Å². The Balaban J connectivity index is 1.63. The average Bonchev–Trinajstić information content (AvgIpc) is 3.45. The molecule has 1 heterocycles. The first-order chi connectivity index (χ1) is 11.3. The normalized spacial score (nSPS) is 20.4. The molecule has 1 aromatic carbocycles. The van der Waals surface area contributed by atoms with Gasteiger partial charge in [-0.3, -0.25) is 9.69 Å². The highest BCUT2D eigenvalue weighted by atomic mass is 16.5. The number of benzene rings is 1. The first kappa shape index (κ1) is 16.5. The van der Waals surface area contributed by atoms with Crippen molar-refractivity contribution in [1.82, 2.24) is 10.2 Å². The number of hydrogen-bond acceptors (Lipinski definition) is 3. The van der Waals surface area contributed by atoms with Crippen molar-refractivity contribution in [1.29, 1.82) is 0 Å². The highest BCUT2D eigenvalue weighted by Gasteiger charge is 2.41. The second-order valence-electron chi connectivity index (χ2n) is 6.68. The summed E-state index contributed by atoms with van der Waals surface area (Å²) in [7, 11) is 0. The maximum Gasteiger partial charge on any atom is 0.230 e. The Morgan fingerprint density at radius 1 is 1.26 bits per heavy atom. The van der Waals surface area contributed by atoms with Crippen LogP contribution in [0.1, 0.15) is 38.2 Å². The van der Waals surface area contributed by atoms with Crippen LogP contribution >= 0.6 is 0 Å². The van der Waals surface area contributed by atoms with Crippen molar-refractivity contribution < 1.29 is 9.53 Å². The number of ether oxygens (including phenoxy) is 1. The van der Waals surface area contributed by atoms with Gasteiger partial charge in [0.05, 0.1) is 5.41 Å². The molecule has 0 radical (unpaired) electrons. The number of carbonyl (C=O) groups is 1. The van der Waals surface area contributed by atoms with Gasteiger partial charge in [-0.25, -0.2) is 0 Å². The molecule has 0 atom stereocenters. The summed E-state index contributed by atoms with van der Waals surface area (Å²) < 4.78 is 5.51. The lowest BCUT2D eigenvalue weighted by Gasteiger charge is -2.36. The van der Waals surface area contributed by atoms with E-state index in [-0.39, 0.29) is 5.91 Å². The third kappa shape index (κ3) is 3.75. The van der Waals surface area contributed by atoms with Gasteiger partial charge < -0.3 is 10.1 Å². The Labute approximate surface area is 139 Å². The van der Waals surface area contributed by atoms with Gasteiger partial charge in [-0.2, -0.15) is 0 Å². The van der Waals surface area contributed by atoms with Gasteiger partial charge in [-0.1, -0.05) is 37.3 Å². The monoisotopic (exact) mass is 316 g/mol. The lowest BCUT2D eigenvalue weighted by molar-refractivity contribution is -0.130. The van der Waals surface area contributed by atoms with E-state index in [0.29, 0.717) is 13.2 Å². The molecule has 0 bridgehead atoms. The molecule has 1 aromatic rings. The quantitative estimate of drug-likeness (QED) is 0.839. The lowest BCUT2D eigenvalue weighted by Crippen LogP contribution is -2.49. The van der Waals surface area contributed by atoms with Crippen LogP contribution in [0.15, 0.2) is 30.3 Å². The Morgan fingerprint density at radius 3 is 2.57 bits per heavy atom. The average molecular weight is 316 g/mol. The Bertz CT molecular complexity index is 507. The maximum atomic E-state index is 13.0. The van der Waals surface area contributed by atoms with Crippen LogP contribution in [-0.4, -0.2) is 49.7 Å². The zero-order valence-corrected chi connectivity index (χ0v) is 14.1. The molecule has 4 nitrogen and oxygen atoms in total. The van der Waals surface area contributed by atoms with E-state index >= 15 is 0 Å². The second kappa shape index (κ2) is 7.45. The molecule has 0 spiro atoms. The van der Waals surface area contributed by atoms with E-state index in [9.17, 15) is 4.79 Å². The van der Waals surface area contributed by atoms with E-state index < -0.39 is 5.41 Å². The summed E-state index contributed by atoms with van der Waals surface area (Å²) in [5.74, 6) is 0.166. The van der Waals surface area contributed by atoms with Gasteiger partial charge in [0.15, 0.2) is 0 Å². The number of nitrogens with one attached hydrogen (secondary N) is 1. The highest BCUT2D eigenvalue weighted by Crippen LogP contribution is 2.35. The molecule has 1 saturated carbocycles. The minimum absolute atomic E-state index is 0.166. The van der Waals surface area contributed by atoms with Crippen molar-refractivity contribution in [2.24, 2.45) is 0 Å². The molecule has 0 unspecified atom stereocenters. The fourth-order valence-electron chi connectivity index (χ4n) is 3.64. The molecule has 126 valence electrons. The molecule has 3 rings (SSSR count). The molecule has 0 aromatic heterocycles. The van der Waals surface area contributed by atoms with Crippen LogP contribution in [0.5, 0.6) is 0 Å². The SMILES string of the molecule is CCN(CCNC(=O)C1(c2ccccc2)CCOCC1)C1CC1. The number of likely N-dealkylation sites (N-methyl/N-ethyl adjacent to an activating group) is 1. The van der Waals surface area contributed by atoms with Crippen LogP contribution in [0.2, 0.25) is 0 Å². The summed E-state index contributed by atoms with van der Waals surface area (Å²) in [5, 5.41) is 3.20. The van der Waals surface area contributed by atoms with Crippen molar-refractivity contribution in [2.45, 2.75) is 44.1 Å². The smallest absolute Gasteiger partial charge is 0.230 e. The minimum Gasteiger partial charge on any atom is -0.381 e. The number of carbonyl (C=O) groups excluding carboxylic acids is 1. The summed E-state index contributed by atoms with van der Waals surface area (Å²) in [6, 6.07) is 10.9. The number of rotatable bonds is 7. The van der Waals surface area contributed by atoms with Crippen LogP contribution < -0.4 is 5.32 Å². The molecule has 1 aliphatic heterocycles. The van der Waals surface area contributed by atoms with Gasteiger partial charge in [-0.05, 0) is 37.8 Å². The molecule has 2 aliphatic rings. The highest BCUT2D eigenvalue weighted by molar-refractivity contribution is 5.88. The van der Waals surface area contributed by atoms with Crippen molar-refractivity contribution in [3.8, 4) is 0 Å². The van der Waals surface area contributed by atoms with Crippen LogP contribution in [-0.2, 0) is 14.9 Å². The fraction of sp³-hybridized carbons (Fsp3) is 0.632. The molecular formula is C19H28N2O2. The summed E-state index contributed by atoms with van der Waals surface area (Å²) in [6.45, 7) is 6.27. The Hall–Kier alpha value is -1.39. The summed E-state index contributed by atoms with van der Waals surface area (Å²) in [6.07, 6.45) is 4.16. The number of amides is 1. The Kier molecular flexibility index (Phi) is 5.34. The molecule has 1 N–H and O–H groups in total. The summed E-state index contributed by atoms with van der Waals surface area (Å²) in [5.41, 5.74) is 0.700. The number of nitrogens with zero attached hydrogens (tertiary/aromatic N) is 1. The van der Waals surface area contributed by atoms with Gasteiger partial charge in [0.1, 0.15) is 0 Å². The number of hydrogen-bond donors (Lipinski definition) is 1. The molecule has 2 fully saturated rings. The van der Waals surface area contributed by atoms with E-state index in [1.807, 2.05) is 18.2 Å². The van der Waals surface area contributed by atoms with Crippen LogP contribution in [0, 0.1) is 0 Å². The summed E-state index contributed by atoms with van der Waals surface area (Å²) in [4.78, 5) is 15.5. The van der Waals surface area contributed by atoms with E-state index in [2.05, 4.69) is 29.3 Å². The summed E-state index contributed by atoms with van der Waals surface area (Å²) >= 11 is 0. The second-order valence-corrected chi connectivity index (χ2v) is 6.68. The first-order valence-electron chi connectivity index (χ1n) is 8.92. The van der Waals surface area contributed by atoms with E-state index in [0.717, 1.165) is 44.1 Å². The third-order valence-corrected chi connectivity index (χ3v) is 5.26. The van der Waals surface area contributed by atoms with Crippen LogP contribution in [0.25, 0.3) is 0 Å². The zero-order chi connectivity index (χ0) is 16.1. The van der Waals surface area contributed by atoms with E-state index in [4.69, 9.17) is 4.74 Å². The molecule has 1 aliphatic carbocycles. The van der Waals surface area contributed by atoms with Gasteiger partial charge in [0.2, 0.25) is 5.91 Å². The molecule has 1 saturated heterocycles. The topological polar surface area (TPSA) is 41.6 Å². The molecule has 4 heteroatoms. The van der Waals surface area contributed by atoms with Gasteiger partial charge in [0, 0.05) is 32.3 Å². The third-order valence-electron chi connectivity index (χ3n) is 5.26. The largest absolute Gasteiger partial charge is 0.381 e. The zero-order valence-electron chi connectivity index (χ0n) is 14.1. The van der Waals surface area contributed by atoms with E-state index in [1.54, 1.807) is 0 Å². The van der Waals surface area contributed by atoms with Crippen molar-refractivity contribution >= 4 is 5.91 Å². The minimum atomic E-state index is -0.421. The lowest BCUT2D eigenvalue weighted by atomic mass is 9.73. The van der Waals surface area contributed by atoms with Crippen molar-refractivity contribution in [2.75, 3.05) is 32.8 Å². The van der Waals surface area contributed by atoms with Crippen molar-refractivity contribution in [3.05, 3.63) is 35.9 Å². The molecule has 1 amide bonds. The predicted molar refractivity (Wildman–Crippen MR) is 91.5 cm³/mol. The van der Waals surface area contributed by atoms with Crippen LogP contribution in [0.4, 0.5) is 0 Å². The predicted octanol–water partition coefficient (Wildman–Crippen LogP) is 2.34. The standard InChI is InChI=1S/C19H28N2O2/c1-2-21(17-8-9-17)13-12-20-18(22)19(10-14-23-15-11-19)16-6-4-3-5-7-16/h3-7,17H,2,8-15H2,1H3,(H,20,22). The Morgan fingerprint density at radius 2 is 1.96 bits per heavy atom. The fourth-order valence-corrected chi connectivity index (χ4v) is 3.64.